The first-order valence-electron chi connectivity index (χ1n) is 8.89. The summed E-state index contributed by atoms with van der Waals surface area (Å²) in [6, 6.07) is 6.94. The van der Waals surface area contributed by atoms with Gasteiger partial charge in [0.1, 0.15) is 11.8 Å². The molecule has 0 radical (unpaired) electrons. The molecule has 28 heavy (non-hydrogen) atoms. The fraction of sp³-hybridized carbons (Fsp3) is 0.368. The second-order valence-corrected chi connectivity index (χ2v) is 6.82. The summed E-state index contributed by atoms with van der Waals surface area (Å²) in [5.41, 5.74) is 0.806. The predicted molar refractivity (Wildman–Crippen MR) is 109 cm³/mol. The molecule has 0 spiro atoms. The molecule has 1 atom stereocenters. The summed E-state index contributed by atoms with van der Waals surface area (Å²) in [6.45, 7) is 8.26. The quantitative estimate of drug-likeness (QED) is 0.464. The standard InChI is InChI=1S/C19H25N5O3S/c1-5-11-24-17(14-9-7-8-10-15(14)27-4)22-23-19(24)28-12-16(25)21-13(3)18(26)20-6-2/h5,7-10,13H,1,6,11-12H2,2-4H3,(H,20,26)(H,21,25)/t13-/m0/s1. The molecule has 2 N–H and O–H groups in total. The van der Waals surface area contributed by atoms with Gasteiger partial charge in [-0.3, -0.25) is 14.2 Å². The first-order chi connectivity index (χ1) is 13.5. The van der Waals surface area contributed by atoms with Gasteiger partial charge in [-0.15, -0.1) is 16.8 Å². The Morgan fingerprint density at radius 2 is 2.11 bits per heavy atom. The maximum atomic E-state index is 12.2. The Morgan fingerprint density at radius 3 is 2.79 bits per heavy atom. The molecule has 150 valence electrons. The Kier molecular flexibility index (Phi) is 8.06. The number of methoxy groups -OCH3 is 1. The lowest BCUT2D eigenvalue weighted by atomic mass is 10.2. The van der Waals surface area contributed by atoms with Crippen LogP contribution in [0.5, 0.6) is 5.75 Å². The van der Waals surface area contributed by atoms with Gasteiger partial charge in [-0.2, -0.15) is 0 Å². The second kappa shape index (κ2) is 10.5. The molecule has 1 aromatic carbocycles. The van der Waals surface area contributed by atoms with Crippen LogP contribution in [0, 0.1) is 0 Å². The van der Waals surface area contributed by atoms with Gasteiger partial charge in [0.15, 0.2) is 11.0 Å². The zero-order chi connectivity index (χ0) is 20.5. The molecule has 8 nitrogen and oxygen atoms in total. The monoisotopic (exact) mass is 403 g/mol. The van der Waals surface area contributed by atoms with E-state index in [2.05, 4.69) is 27.4 Å². The van der Waals surface area contributed by atoms with Crippen LogP contribution in [0.15, 0.2) is 42.1 Å². The second-order valence-electron chi connectivity index (χ2n) is 5.88. The summed E-state index contributed by atoms with van der Waals surface area (Å²) < 4.78 is 7.28. The van der Waals surface area contributed by atoms with E-state index in [1.807, 2.05) is 35.8 Å². The summed E-state index contributed by atoms with van der Waals surface area (Å²) in [5, 5.41) is 14.4. The maximum absolute atomic E-state index is 12.2. The molecule has 2 amide bonds. The van der Waals surface area contributed by atoms with Crippen molar-refractivity contribution in [1.82, 2.24) is 25.4 Å². The van der Waals surface area contributed by atoms with E-state index in [-0.39, 0.29) is 17.6 Å². The zero-order valence-corrected chi connectivity index (χ0v) is 17.1. The maximum Gasteiger partial charge on any atom is 0.242 e. The van der Waals surface area contributed by atoms with Gasteiger partial charge >= 0.3 is 0 Å². The van der Waals surface area contributed by atoms with Crippen molar-refractivity contribution < 1.29 is 14.3 Å². The lowest BCUT2D eigenvalue weighted by molar-refractivity contribution is -0.127. The summed E-state index contributed by atoms with van der Waals surface area (Å²) in [7, 11) is 1.60. The van der Waals surface area contributed by atoms with Crippen molar-refractivity contribution >= 4 is 23.6 Å². The summed E-state index contributed by atoms with van der Waals surface area (Å²) in [6.07, 6.45) is 1.74. The number of carbonyl (C=O) groups excluding carboxylic acids is 2. The topological polar surface area (TPSA) is 98.1 Å². The Balaban J connectivity index is 2.12. The number of benzene rings is 1. The molecule has 0 unspecified atom stereocenters. The Hall–Kier alpha value is -2.81. The van der Waals surface area contributed by atoms with Crippen molar-refractivity contribution in [2.24, 2.45) is 0 Å². The number of para-hydroxylation sites is 1. The first-order valence-corrected chi connectivity index (χ1v) is 9.87. The molecule has 0 aliphatic rings. The van der Waals surface area contributed by atoms with Gasteiger partial charge in [0.25, 0.3) is 0 Å². The zero-order valence-electron chi connectivity index (χ0n) is 16.3. The number of hydrogen-bond donors (Lipinski definition) is 2. The van der Waals surface area contributed by atoms with Gasteiger partial charge < -0.3 is 15.4 Å². The number of allylic oxidation sites excluding steroid dienone is 1. The average Bonchev–Trinajstić information content (AvgIpc) is 3.09. The number of rotatable bonds is 10. The van der Waals surface area contributed by atoms with Crippen LogP contribution >= 0.6 is 11.8 Å². The van der Waals surface area contributed by atoms with Crippen LogP contribution in [0.4, 0.5) is 0 Å². The summed E-state index contributed by atoms with van der Waals surface area (Å²) in [4.78, 5) is 23.9. The highest BCUT2D eigenvalue weighted by Gasteiger charge is 2.19. The lowest BCUT2D eigenvalue weighted by Crippen LogP contribution is -2.45. The van der Waals surface area contributed by atoms with Crippen LogP contribution in [0.1, 0.15) is 13.8 Å². The molecule has 0 aliphatic heterocycles. The Morgan fingerprint density at radius 1 is 1.36 bits per heavy atom. The van der Waals surface area contributed by atoms with Crippen LogP contribution in [0.25, 0.3) is 11.4 Å². The number of carbonyl (C=O) groups is 2. The number of ether oxygens (including phenoxy) is 1. The van der Waals surface area contributed by atoms with Crippen LogP contribution in [0.3, 0.4) is 0 Å². The fourth-order valence-corrected chi connectivity index (χ4v) is 3.28. The third-order valence-corrected chi connectivity index (χ3v) is 4.80. The number of aromatic nitrogens is 3. The van der Waals surface area contributed by atoms with Crippen LogP contribution in [-0.4, -0.2) is 52.0 Å². The third-order valence-electron chi connectivity index (χ3n) is 3.83. The molecule has 0 saturated carbocycles. The highest BCUT2D eigenvalue weighted by Crippen LogP contribution is 2.30. The molecule has 1 heterocycles. The molecule has 0 fully saturated rings. The van der Waals surface area contributed by atoms with Crippen LogP contribution < -0.4 is 15.4 Å². The van der Waals surface area contributed by atoms with E-state index in [0.717, 1.165) is 5.56 Å². The normalized spacial score (nSPS) is 11.5. The van der Waals surface area contributed by atoms with Gasteiger partial charge in [-0.05, 0) is 26.0 Å². The van der Waals surface area contributed by atoms with Gasteiger partial charge in [-0.25, -0.2) is 0 Å². The van der Waals surface area contributed by atoms with E-state index in [1.54, 1.807) is 20.1 Å². The average molecular weight is 404 g/mol. The van der Waals surface area contributed by atoms with Crippen LogP contribution in [0.2, 0.25) is 0 Å². The lowest BCUT2D eigenvalue weighted by Gasteiger charge is -2.13. The molecular weight excluding hydrogens is 378 g/mol. The first kappa shape index (κ1) is 21.5. The van der Waals surface area contributed by atoms with E-state index in [4.69, 9.17) is 4.74 Å². The van der Waals surface area contributed by atoms with Gasteiger partial charge in [0.05, 0.1) is 18.4 Å². The van der Waals surface area contributed by atoms with Gasteiger partial charge in [0, 0.05) is 13.1 Å². The van der Waals surface area contributed by atoms with Crippen LogP contribution in [-0.2, 0) is 16.1 Å². The van der Waals surface area contributed by atoms with Crippen molar-refractivity contribution in [2.45, 2.75) is 31.6 Å². The molecule has 1 aromatic heterocycles. The predicted octanol–water partition coefficient (Wildman–Crippen LogP) is 1.87. The minimum atomic E-state index is -0.594. The van der Waals surface area contributed by atoms with E-state index in [0.29, 0.717) is 29.8 Å². The number of hydrogen-bond acceptors (Lipinski definition) is 6. The van der Waals surface area contributed by atoms with E-state index >= 15 is 0 Å². The largest absolute Gasteiger partial charge is 0.496 e. The van der Waals surface area contributed by atoms with E-state index < -0.39 is 6.04 Å². The molecule has 0 aliphatic carbocycles. The van der Waals surface area contributed by atoms with Crippen molar-refractivity contribution in [3.05, 3.63) is 36.9 Å². The number of nitrogens with zero attached hydrogens (tertiary/aromatic N) is 3. The summed E-state index contributed by atoms with van der Waals surface area (Å²) in [5.74, 6) is 0.969. The Labute approximate surface area is 168 Å². The van der Waals surface area contributed by atoms with Crippen molar-refractivity contribution in [3.63, 3.8) is 0 Å². The Bertz CT molecular complexity index is 837. The van der Waals surface area contributed by atoms with Gasteiger partial charge in [-0.1, -0.05) is 30.0 Å². The smallest absolute Gasteiger partial charge is 0.242 e. The molecule has 2 aromatic rings. The SMILES string of the molecule is C=CCn1c(SCC(=O)N[C@@H](C)C(=O)NCC)nnc1-c1ccccc1OC. The number of nitrogens with one attached hydrogen (secondary N) is 2. The molecule has 2 rings (SSSR count). The molecule has 0 bridgehead atoms. The fourth-order valence-electron chi connectivity index (χ4n) is 2.52. The van der Waals surface area contributed by atoms with E-state index in [9.17, 15) is 9.59 Å². The summed E-state index contributed by atoms with van der Waals surface area (Å²) >= 11 is 1.25. The molecule has 9 heteroatoms. The minimum absolute atomic E-state index is 0.116. The molecular formula is C19H25N5O3S. The van der Waals surface area contributed by atoms with Gasteiger partial charge in [0.2, 0.25) is 11.8 Å². The number of thioether (sulfide) groups is 1. The van der Waals surface area contributed by atoms with E-state index in [1.165, 1.54) is 11.8 Å². The highest BCUT2D eigenvalue weighted by molar-refractivity contribution is 7.99. The van der Waals surface area contributed by atoms with Crippen molar-refractivity contribution in [1.29, 1.82) is 0 Å². The number of likely N-dealkylation sites (N-methyl/N-ethyl adjacent to an activating group) is 1. The third kappa shape index (κ3) is 5.35. The van der Waals surface area contributed by atoms with Crippen molar-refractivity contribution in [3.8, 4) is 17.1 Å². The molecule has 0 saturated heterocycles. The highest BCUT2D eigenvalue weighted by atomic mass is 32.2. The number of amides is 2. The minimum Gasteiger partial charge on any atom is -0.496 e. The van der Waals surface area contributed by atoms with Crippen molar-refractivity contribution in [2.75, 3.05) is 19.4 Å².